The monoisotopic (exact) mass is 346 g/mol. The summed E-state index contributed by atoms with van der Waals surface area (Å²) in [4.78, 5) is 0. The first-order chi connectivity index (χ1) is 11.8. The van der Waals surface area contributed by atoms with Gasteiger partial charge in [0.15, 0.2) is 0 Å². The van der Waals surface area contributed by atoms with E-state index in [1.165, 1.54) is 32.1 Å². The Labute approximate surface area is 150 Å². The van der Waals surface area contributed by atoms with Gasteiger partial charge in [-0.25, -0.2) is 0 Å². The first-order valence-electron chi connectivity index (χ1n) is 8.88. The van der Waals surface area contributed by atoms with E-state index in [-0.39, 0.29) is 0 Å². The van der Waals surface area contributed by atoms with Crippen LogP contribution >= 0.6 is 11.6 Å². The van der Waals surface area contributed by atoms with Crippen LogP contribution in [0, 0.1) is 0 Å². The molecule has 0 aliphatic carbocycles. The Bertz CT molecular complexity index is 581. The normalized spacial score (nSPS) is 10.6. The van der Waals surface area contributed by atoms with Gasteiger partial charge in [0.1, 0.15) is 18.1 Å². The summed E-state index contributed by atoms with van der Waals surface area (Å²) in [5.41, 5.74) is 0.988. The molecule has 0 atom stereocenters. The van der Waals surface area contributed by atoms with Gasteiger partial charge in [-0.1, -0.05) is 68.8 Å². The number of rotatable bonds is 11. The standard InChI is InChI=1S/C21H27ClO2/c1-2-3-4-5-6-9-16-23-19-12-14-20(15-13-19)24-17-18-10-7-8-11-21(18)22/h7-8,10-15H,2-6,9,16-17H2,1H3. The summed E-state index contributed by atoms with van der Waals surface area (Å²) >= 11 is 6.13. The Balaban J connectivity index is 1.66. The highest BCUT2D eigenvalue weighted by molar-refractivity contribution is 6.31. The van der Waals surface area contributed by atoms with Crippen molar-refractivity contribution in [2.75, 3.05) is 6.61 Å². The molecule has 3 heteroatoms. The van der Waals surface area contributed by atoms with Crippen molar-refractivity contribution < 1.29 is 9.47 Å². The highest BCUT2D eigenvalue weighted by Crippen LogP contribution is 2.21. The van der Waals surface area contributed by atoms with Crippen molar-refractivity contribution >= 4 is 11.6 Å². The minimum Gasteiger partial charge on any atom is -0.494 e. The van der Waals surface area contributed by atoms with Crippen LogP contribution in [0.15, 0.2) is 48.5 Å². The van der Waals surface area contributed by atoms with Crippen molar-refractivity contribution in [2.45, 2.75) is 52.1 Å². The molecule has 0 aliphatic rings. The van der Waals surface area contributed by atoms with Crippen LogP contribution in [0.25, 0.3) is 0 Å². The van der Waals surface area contributed by atoms with Crippen molar-refractivity contribution in [1.29, 1.82) is 0 Å². The van der Waals surface area contributed by atoms with Gasteiger partial charge >= 0.3 is 0 Å². The van der Waals surface area contributed by atoms with E-state index in [0.29, 0.717) is 6.61 Å². The summed E-state index contributed by atoms with van der Waals surface area (Å²) in [5, 5.41) is 0.733. The maximum Gasteiger partial charge on any atom is 0.120 e. The summed E-state index contributed by atoms with van der Waals surface area (Å²) in [7, 11) is 0. The second kappa shape index (κ2) is 11.0. The smallest absolute Gasteiger partial charge is 0.120 e. The SMILES string of the molecule is CCCCCCCCOc1ccc(OCc2ccccc2Cl)cc1. The van der Waals surface area contributed by atoms with E-state index in [0.717, 1.165) is 35.1 Å². The molecule has 0 heterocycles. The molecule has 0 aliphatic heterocycles. The molecule has 2 aromatic carbocycles. The van der Waals surface area contributed by atoms with E-state index >= 15 is 0 Å². The highest BCUT2D eigenvalue weighted by atomic mass is 35.5. The fourth-order valence-electron chi connectivity index (χ4n) is 2.48. The summed E-state index contributed by atoms with van der Waals surface area (Å²) in [6.07, 6.45) is 7.66. The maximum atomic E-state index is 6.13. The molecule has 2 nitrogen and oxygen atoms in total. The number of benzene rings is 2. The molecule has 2 rings (SSSR count). The molecular weight excluding hydrogens is 320 g/mol. The third-order valence-electron chi connectivity index (χ3n) is 3.94. The molecule has 0 aromatic heterocycles. The first-order valence-corrected chi connectivity index (χ1v) is 9.26. The van der Waals surface area contributed by atoms with Crippen LogP contribution in [0.5, 0.6) is 11.5 Å². The third-order valence-corrected chi connectivity index (χ3v) is 4.31. The molecule has 0 N–H and O–H groups in total. The molecule has 0 unspecified atom stereocenters. The molecule has 24 heavy (non-hydrogen) atoms. The van der Waals surface area contributed by atoms with E-state index < -0.39 is 0 Å². The lowest BCUT2D eigenvalue weighted by atomic mass is 10.1. The van der Waals surface area contributed by atoms with E-state index in [4.69, 9.17) is 21.1 Å². The zero-order chi connectivity index (χ0) is 17.0. The first kappa shape index (κ1) is 18.7. The van der Waals surface area contributed by atoms with Crippen LogP contribution in [0.1, 0.15) is 51.0 Å². The maximum absolute atomic E-state index is 6.13. The molecule has 0 saturated carbocycles. The van der Waals surface area contributed by atoms with Gasteiger partial charge in [0.05, 0.1) is 6.61 Å². The predicted octanol–water partition coefficient (Wildman–Crippen LogP) is 6.66. The van der Waals surface area contributed by atoms with E-state index in [1.807, 2.05) is 48.5 Å². The van der Waals surface area contributed by atoms with E-state index in [1.54, 1.807) is 0 Å². The lowest BCUT2D eigenvalue weighted by Crippen LogP contribution is -1.98. The molecule has 0 saturated heterocycles. The van der Waals surface area contributed by atoms with Crippen LogP contribution < -0.4 is 9.47 Å². The zero-order valence-corrected chi connectivity index (χ0v) is 15.2. The minimum absolute atomic E-state index is 0.470. The third kappa shape index (κ3) is 6.84. The summed E-state index contributed by atoms with van der Waals surface area (Å²) < 4.78 is 11.5. The number of unbranched alkanes of at least 4 members (excludes halogenated alkanes) is 5. The van der Waals surface area contributed by atoms with Gasteiger partial charge in [0.25, 0.3) is 0 Å². The largest absolute Gasteiger partial charge is 0.494 e. The number of hydrogen-bond donors (Lipinski definition) is 0. The van der Waals surface area contributed by atoms with Gasteiger partial charge < -0.3 is 9.47 Å². The van der Waals surface area contributed by atoms with Gasteiger partial charge in [-0.15, -0.1) is 0 Å². The van der Waals surface area contributed by atoms with Crippen molar-refractivity contribution in [3.05, 3.63) is 59.1 Å². The second-order valence-electron chi connectivity index (χ2n) is 5.97. The van der Waals surface area contributed by atoms with Gasteiger partial charge in [0.2, 0.25) is 0 Å². The summed E-state index contributed by atoms with van der Waals surface area (Å²) in [6.45, 7) is 3.49. The van der Waals surface area contributed by atoms with Gasteiger partial charge in [-0.2, -0.15) is 0 Å². The average molecular weight is 347 g/mol. The van der Waals surface area contributed by atoms with Gasteiger partial charge in [-0.05, 0) is 36.8 Å². The molecule has 0 radical (unpaired) electrons. The van der Waals surface area contributed by atoms with Gasteiger partial charge in [-0.3, -0.25) is 0 Å². The topological polar surface area (TPSA) is 18.5 Å². The minimum atomic E-state index is 0.470. The molecule has 2 aromatic rings. The molecule has 0 bridgehead atoms. The molecule has 0 spiro atoms. The molecule has 0 amide bonds. The molecule has 130 valence electrons. The second-order valence-corrected chi connectivity index (χ2v) is 6.37. The summed E-state index contributed by atoms with van der Waals surface area (Å²) in [6, 6.07) is 15.5. The van der Waals surface area contributed by atoms with Gasteiger partial charge in [0, 0.05) is 10.6 Å². The lowest BCUT2D eigenvalue weighted by molar-refractivity contribution is 0.297. The fourth-order valence-corrected chi connectivity index (χ4v) is 2.67. The number of ether oxygens (including phenoxy) is 2. The van der Waals surface area contributed by atoms with Crippen molar-refractivity contribution in [1.82, 2.24) is 0 Å². The van der Waals surface area contributed by atoms with E-state index in [9.17, 15) is 0 Å². The van der Waals surface area contributed by atoms with Crippen LogP contribution in [0.3, 0.4) is 0 Å². The van der Waals surface area contributed by atoms with E-state index in [2.05, 4.69) is 6.92 Å². The highest BCUT2D eigenvalue weighted by Gasteiger charge is 2.01. The Morgan fingerprint density at radius 2 is 1.38 bits per heavy atom. The molecule has 0 fully saturated rings. The number of halogens is 1. The predicted molar refractivity (Wildman–Crippen MR) is 101 cm³/mol. The molecular formula is C21H27ClO2. The average Bonchev–Trinajstić information content (AvgIpc) is 2.61. The van der Waals surface area contributed by atoms with Crippen molar-refractivity contribution in [3.8, 4) is 11.5 Å². The fraction of sp³-hybridized carbons (Fsp3) is 0.429. The zero-order valence-electron chi connectivity index (χ0n) is 14.5. The van der Waals surface area contributed by atoms with Crippen LogP contribution in [-0.4, -0.2) is 6.61 Å². The van der Waals surface area contributed by atoms with Crippen LogP contribution in [0.2, 0.25) is 5.02 Å². The Hall–Kier alpha value is -1.67. The Kier molecular flexibility index (Phi) is 8.54. The van der Waals surface area contributed by atoms with Crippen molar-refractivity contribution in [3.63, 3.8) is 0 Å². The summed E-state index contributed by atoms with van der Waals surface area (Å²) in [5.74, 6) is 1.72. The van der Waals surface area contributed by atoms with Crippen LogP contribution in [-0.2, 0) is 6.61 Å². The Morgan fingerprint density at radius 3 is 2.08 bits per heavy atom. The quantitative estimate of drug-likeness (QED) is 0.423. The van der Waals surface area contributed by atoms with Crippen molar-refractivity contribution in [2.24, 2.45) is 0 Å². The number of hydrogen-bond acceptors (Lipinski definition) is 2. The van der Waals surface area contributed by atoms with Crippen LogP contribution in [0.4, 0.5) is 0 Å². The lowest BCUT2D eigenvalue weighted by Gasteiger charge is -2.09. The Morgan fingerprint density at radius 1 is 0.750 bits per heavy atom.